The zero-order valence-electron chi connectivity index (χ0n) is 19.2. The lowest BCUT2D eigenvalue weighted by Crippen LogP contribution is -2.51. The minimum atomic E-state index is -0.799. The van der Waals surface area contributed by atoms with Crippen molar-refractivity contribution in [3.8, 4) is 5.75 Å². The molecular weight excluding hydrogens is 382 g/mol. The number of nitrogens with one attached hydrogen (secondary N) is 1. The van der Waals surface area contributed by atoms with Crippen LogP contribution in [0.25, 0.3) is 0 Å². The van der Waals surface area contributed by atoms with Gasteiger partial charge in [0, 0.05) is 26.2 Å². The summed E-state index contributed by atoms with van der Waals surface area (Å²) in [7, 11) is 2.04. The van der Waals surface area contributed by atoms with Crippen molar-refractivity contribution in [1.82, 2.24) is 15.1 Å². The molecule has 30 heavy (non-hydrogen) atoms. The van der Waals surface area contributed by atoms with Crippen LogP contribution in [0.15, 0.2) is 24.3 Å². The molecule has 1 heterocycles. The van der Waals surface area contributed by atoms with Crippen LogP contribution in [0, 0.1) is 5.92 Å². The minimum absolute atomic E-state index is 0.123. The van der Waals surface area contributed by atoms with Crippen molar-refractivity contribution in [1.29, 1.82) is 0 Å². The number of likely N-dealkylation sites (N-methyl/N-ethyl adjacent to an activating group) is 1. The molecule has 1 aromatic carbocycles. The molecule has 1 aliphatic rings. The van der Waals surface area contributed by atoms with Crippen molar-refractivity contribution >= 4 is 12.0 Å². The van der Waals surface area contributed by atoms with E-state index in [4.69, 9.17) is 9.47 Å². The molecule has 2 amide bonds. The Labute approximate surface area is 180 Å². The maximum Gasteiger partial charge on any atom is 0.408 e. The SMILES string of the molecule is CCC(C)COc1ccc(C(NC(=O)OC(C)(C)C)C(=O)N2CCN(C)CC2)cc1. The summed E-state index contributed by atoms with van der Waals surface area (Å²) >= 11 is 0. The molecule has 0 aromatic heterocycles. The summed E-state index contributed by atoms with van der Waals surface area (Å²) in [5.41, 5.74) is 0.0693. The second-order valence-corrected chi connectivity index (χ2v) is 9.10. The molecule has 0 spiro atoms. The van der Waals surface area contributed by atoms with Gasteiger partial charge in [-0.15, -0.1) is 0 Å². The standard InChI is InChI=1S/C23H37N3O4/c1-7-17(2)16-29-19-10-8-18(9-11-19)20(24-22(28)30-23(3,4)5)21(27)26-14-12-25(6)13-15-26/h8-11,17,20H,7,12-16H2,1-6H3,(H,24,28). The lowest BCUT2D eigenvalue weighted by Gasteiger charge is -2.35. The molecule has 1 aromatic rings. The zero-order chi connectivity index (χ0) is 22.3. The Kier molecular flexibility index (Phi) is 8.53. The van der Waals surface area contributed by atoms with Gasteiger partial charge in [0.1, 0.15) is 17.4 Å². The first-order valence-electron chi connectivity index (χ1n) is 10.8. The van der Waals surface area contributed by atoms with Crippen LogP contribution in [0.2, 0.25) is 0 Å². The lowest BCUT2D eigenvalue weighted by atomic mass is 10.0. The van der Waals surface area contributed by atoms with Crippen molar-refractivity contribution in [3.63, 3.8) is 0 Å². The van der Waals surface area contributed by atoms with Gasteiger partial charge in [-0.25, -0.2) is 4.79 Å². The van der Waals surface area contributed by atoms with E-state index < -0.39 is 17.7 Å². The smallest absolute Gasteiger partial charge is 0.408 e. The van der Waals surface area contributed by atoms with Crippen molar-refractivity contribution in [2.45, 2.75) is 52.7 Å². The zero-order valence-corrected chi connectivity index (χ0v) is 19.2. The summed E-state index contributed by atoms with van der Waals surface area (Å²) in [4.78, 5) is 29.7. The van der Waals surface area contributed by atoms with E-state index >= 15 is 0 Å². The van der Waals surface area contributed by atoms with Crippen LogP contribution in [0.1, 0.15) is 52.6 Å². The molecule has 168 valence electrons. The van der Waals surface area contributed by atoms with Crippen molar-refractivity contribution < 1.29 is 19.1 Å². The predicted molar refractivity (Wildman–Crippen MR) is 118 cm³/mol. The van der Waals surface area contributed by atoms with Gasteiger partial charge in [0.05, 0.1) is 6.61 Å². The number of carbonyl (C=O) groups is 2. The molecule has 0 aliphatic carbocycles. The van der Waals surface area contributed by atoms with Crippen LogP contribution in [0.4, 0.5) is 4.79 Å². The number of ether oxygens (including phenoxy) is 2. The number of benzene rings is 1. The molecule has 7 nitrogen and oxygen atoms in total. The first-order chi connectivity index (χ1) is 14.1. The molecule has 1 fully saturated rings. The van der Waals surface area contributed by atoms with E-state index in [2.05, 4.69) is 24.1 Å². The van der Waals surface area contributed by atoms with Crippen LogP contribution in [0.3, 0.4) is 0 Å². The summed E-state index contributed by atoms with van der Waals surface area (Å²) < 4.78 is 11.2. The van der Waals surface area contributed by atoms with E-state index in [0.717, 1.165) is 25.3 Å². The summed E-state index contributed by atoms with van der Waals surface area (Å²) in [6.07, 6.45) is 0.450. The highest BCUT2D eigenvalue weighted by atomic mass is 16.6. The molecule has 1 N–H and O–H groups in total. The van der Waals surface area contributed by atoms with Crippen LogP contribution in [-0.2, 0) is 9.53 Å². The Balaban J connectivity index is 2.15. The Morgan fingerprint density at radius 3 is 2.23 bits per heavy atom. The third-order valence-electron chi connectivity index (χ3n) is 5.17. The van der Waals surface area contributed by atoms with Gasteiger partial charge in [0.25, 0.3) is 0 Å². The third kappa shape index (κ3) is 7.52. The van der Waals surface area contributed by atoms with Gasteiger partial charge in [0.15, 0.2) is 0 Å². The van der Waals surface area contributed by atoms with Gasteiger partial charge >= 0.3 is 6.09 Å². The maximum absolute atomic E-state index is 13.3. The summed E-state index contributed by atoms with van der Waals surface area (Å²) in [5, 5.41) is 2.77. The second-order valence-electron chi connectivity index (χ2n) is 9.10. The van der Waals surface area contributed by atoms with Gasteiger partial charge in [-0.2, -0.15) is 0 Å². The van der Waals surface area contributed by atoms with Crippen molar-refractivity contribution in [2.24, 2.45) is 5.92 Å². The first-order valence-corrected chi connectivity index (χ1v) is 10.8. The molecule has 1 saturated heterocycles. The number of hydrogen-bond donors (Lipinski definition) is 1. The van der Waals surface area contributed by atoms with Gasteiger partial charge < -0.3 is 24.6 Å². The van der Waals surface area contributed by atoms with Gasteiger partial charge in [-0.05, 0) is 51.4 Å². The fraction of sp³-hybridized carbons (Fsp3) is 0.652. The minimum Gasteiger partial charge on any atom is -0.493 e. The van der Waals surface area contributed by atoms with E-state index in [1.165, 1.54) is 0 Å². The molecule has 1 aliphatic heterocycles. The number of piperazine rings is 1. The number of alkyl carbamates (subject to hydrolysis) is 1. The Morgan fingerprint density at radius 2 is 1.70 bits per heavy atom. The number of rotatable bonds is 7. The molecular formula is C23H37N3O4. The van der Waals surface area contributed by atoms with Crippen molar-refractivity contribution in [3.05, 3.63) is 29.8 Å². The molecule has 2 rings (SSSR count). The van der Waals surface area contributed by atoms with E-state index in [-0.39, 0.29) is 5.91 Å². The number of hydrogen-bond acceptors (Lipinski definition) is 5. The molecule has 0 bridgehead atoms. The highest BCUT2D eigenvalue weighted by Crippen LogP contribution is 2.22. The van der Waals surface area contributed by atoms with Crippen LogP contribution in [0.5, 0.6) is 5.75 Å². The quantitative estimate of drug-likeness (QED) is 0.733. The number of carbonyl (C=O) groups excluding carboxylic acids is 2. The van der Waals surface area contributed by atoms with Crippen molar-refractivity contribution in [2.75, 3.05) is 39.8 Å². The molecule has 2 atom stereocenters. The van der Waals surface area contributed by atoms with Crippen LogP contribution >= 0.6 is 0 Å². The van der Waals surface area contributed by atoms with Gasteiger partial charge in [0.2, 0.25) is 5.91 Å². The third-order valence-corrected chi connectivity index (χ3v) is 5.17. The normalized spacial score (nSPS) is 17.2. The van der Waals surface area contributed by atoms with E-state index in [0.29, 0.717) is 31.2 Å². The summed E-state index contributed by atoms with van der Waals surface area (Å²) in [6.45, 7) is 13.2. The van der Waals surface area contributed by atoms with Crippen LogP contribution < -0.4 is 10.1 Å². The fourth-order valence-corrected chi connectivity index (χ4v) is 3.04. The monoisotopic (exact) mass is 419 g/mol. The van der Waals surface area contributed by atoms with E-state index in [1.807, 2.05) is 31.3 Å². The summed E-state index contributed by atoms with van der Waals surface area (Å²) in [5.74, 6) is 1.11. The predicted octanol–water partition coefficient (Wildman–Crippen LogP) is 3.45. The average Bonchev–Trinajstić information content (AvgIpc) is 2.69. The fourth-order valence-electron chi connectivity index (χ4n) is 3.04. The Bertz CT molecular complexity index is 691. The maximum atomic E-state index is 13.3. The molecule has 0 saturated carbocycles. The molecule has 7 heteroatoms. The number of amides is 2. The van der Waals surface area contributed by atoms with Gasteiger partial charge in [-0.1, -0.05) is 32.4 Å². The second kappa shape index (κ2) is 10.7. The summed E-state index contributed by atoms with van der Waals surface area (Å²) in [6, 6.07) is 6.56. The highest BCUT2D eigenvalue weighted by Gasteiger charge is 2.30. The Hall–Kier alpha value is -2.28. The largest absolute Gasteiger partial charge is 0.493 e. The Morgan fingerprint density at radius 1 is 1.10 bits per heavy atom. The molecule has 0 radical (unpaired) electrons. The van der Waals surface area contributed by atoms with Crippen LogP contribution in [-0.4, -0.2) is 67.2 Å². The topological polar surface area (TPSA) is 71.1 Å². The van der Waals surface area contributed by atoms with E-state index in [1.54, 1.807) is 25.7 Å². The van der Waals surface area contributed by atoms with E-state index in [9.17, 15) is 9.59 Å². The lowest BCUT2D eigenvalue weighted by molar-refractivity contribution is -0.135. The number of nitrogens with zero attached hydrogens (tertiary/aromatic N) is 2. The first kappa shape index (κ1) is 24.0. The average molecular weight is 420 g/mol. The highest BCUT2D eigenvalue weighted by molar-refractivity contribution is 5.87. The van der Waals surface area contributed by atoms with Gasteiger partial charge in [-0.3, -0.25) is 4.79 Å². The molecule has 2 unspecified atom stereocenters.